The standard InChI is InChI=1S/C53H36N4O/c1-53(2)44-23-12-11-20-40(44)41-30-28-38(32-45(41)53)50-55-49(36-26-24-34(25-27-36)33-14-5-3-6-15-33)56-51(57-50)43-21-10-9-19-39(43)42-22-13-18-35-29-31-46-48(47(35)42)58-52(54-46)37-16-7-4-8-17-37/h3-32H,1-2H3. The molecule has 58 heavy (non-hydrogen) atoms. The summed E-state index contributed by atoms with van der Waals surface area (Å²) in [5.74, 6) is 2.43. The van der Waals surface area contributed by atoms with Gasteiger partial charge in [0.25, 0.3) is 0 Å². The summed E-state index contributed by atoms with van der Waals surface area (Å²) < 4.78 is 6.59. The van der Waals surface area contributed by atoms with E-state index < -0.39 is 0 Å². The Labute approximate surface area is 336 Å². The van der Waals surface area contributed by atoms with Crippen LogP contribution in [0.1, 0.15) is 25.0 Å². The van der Waals surface area contributed by atoms with Crippen molar-refractivity contribution in [2.24, 2.45) is 0 Å². The van der Waals surface area contributed by atoms with Gasteiger partial charge in [0.05, 0.1) is 0 Å². The summed E-state index contributed by atoms with van der Waals surface area (Å²) in [5.41, 5.74) is 14.5. The van der Waals surface area contributed by atoms with Crippen molar-refractivity contribution in [3.63, 3.8) is 0 Å². The van der Waals surface area contributed by atoms with Crippen molar-refractivity contribution in [1.82, 2.24) is 19.9 Å². The molecule has 0 radical (unpaired) electrons. The van der Waals surface area contributed by atoms with E-state index in [0.717, 1.165) is 66.4 Å². The van der Waals surface area contributed by atoms with Crippen LogP contribution in [0.25, 0.3) is 101 Å². The molecule has 8 aromatic carbocycles. The Morgan fingerprint density at radius 2 is 0.948 bits per heavy atom. The molecule has 11 rings (SSSR count). The van der Waals surface area contributed by atoms with Gasteiger partial charge < -0.3 is 4.42 Å². The fourth-order valence-corrected chi connectivity index (χ4v) is 8.64. The molecule has 1 aliphatic rings. The molecule has 0 saturated heterocycles. The predicted molar refractivity (Wildman–Crippen MR) is 235 cm³/mol. The molecule has 5 heteroatoms. The van der Waals surface area contributed by atoms with Crippen LogP contribution in [-0.2, 0) is 5.41 Å². The van der Waals surface area contributed by atoms with E-state index in [9.17, 15) is 0 Å². The van der Waals surface area contributed by atoms with E-state index in [1.165, 1.54) is 22.3 Å². The molecule has 0 aliphatic heterocycles. The van der Waals surface area contributed by atoms with E-state index in [1.807, 2.05) is 42.5 Å². The molecule has 1 aliphatic carbocycles. The second-order valence-corrected chi connectivity index (χ2v) is 15.4. The van der Waals surface area contributed by atoms with Gasteiger partial charge >= 0.3 is 0 Å². The normalized spacial score (nSPS) is 12.8. The molecule has 0 N–H and O–H groups in total. The first-order valence-corrected chi connectivity index (χ1v) is 19.6. The average Bonchev–Trinajstić information content (AvgIpc) is 3.83. The lowest BCUT2D eigenvalue weighted by molar-refractivity contribution is 0.623. The van der Waals surface area contributed by atoms with Crippen molar-refractivity contribution in [2.45, 2.75) is 19.3 Å². The maximum Gasteiger partial charge on any atom is 0.227 e. The van der Waals surface area contributed by atoms with Crippen molar-refractivity contribution in [3.8, 4) is 79.0 Å². The van der Waals surface area contributed by atoms with Gasteiger partial charge in [0.1, 0.15) is 5.52 Å². The van der Waals surface area contributed by atoms with Crippen LogP contribution in [0.3, 0.4) is 0 Å². The highest BCUT2D eigenvalue weighted by Crippen LogP contribution is 2.49. The third-order valence-electron chi connectivity index (χ3n) is 11.6. The smallest absolute Gasteiger partial charge is 0.227 e. The van der Waals surface area contributed by atoms with Gasteiger partial charge in [-0.2, -0.15) is 0 Å². The minimum atomic E-state index is -0.165. The number of rotatable bonds is 6. The van der Waals surface area contributed by atoms with Gasteiger partial charge in [-0.05, 0) is 74.2 Å². The number of oxazole rings is 1. The molecule has 0 atom stereocenters. The van der Waals surface area contributed by atoms with Crippen molar-refractivity contribution >= 4 is 21.9 Å². The highest BCUT2D eigenvalue weighted by molar-refractivity contribution is 6.12. The monoisotopic (exact) mass is 744 g/mol. The van der Waals surface area contributed by atoms with Gasteiger partial charge in [-0.25, -0.2) is 19.9 Å². The third-order valence-corrected chi connectivity index (χ3v) is 11.6. The van der Waals surface area contributed by atoms with Gasteiger partial charge in [0, 0.05) is 33.1 Å². The number of aromatic nitrogens is 4. The van der Waals surface area contributed by atoms with Crippen LogP contribution in [0.5, 0.6) is 0 Å². The zero-order chi connectivity index (χ0) is 38.8. The number of hydrogen-bond acceptors (Lipinski definition) is 5. The van der Waals surface area contributed by atoms with Crippen molar-refractivity contribution < 1.29 is 4.42 Å². The van der Waals surface area contributed by atoms with E-state index in [4.69, 9.17) is 24.4 Å². The van der Waals surface area contributed by atoms with E-state index in [1.54, 1.807) is 0 Å². The Bertz CT molecular complexity index is 3190. The quantitative estimate of drug-likeness (QED) is 0.170. The predicted octanol–water partition coefficient (Wildman–Crippen LogP) is 13.5. The van der Waals surface area contributed by atoms with Crippen molar-refractivity contribution in [1.29, 1.82) is 0 Å². The number of benzene rings is 8. The summed E-state index contributed by atoms with van der Waals surface area (Å²) in [6.45, 7) is 4.60. The van der Waals surface area contributed by atoms with E-state index in [-0.39, 0.29) is 5.41 Å². The molecular formula is C53H36N4O. The zero-order valence-electron chi connectivity index (χ0n) is 32.0. The first-order valence-electron chi connectivity index (χ1n) is 19.6. The SMILES string of the molecule is CC1(C)c2ccccc2-c2ccc(-c3nc(-c4ccc(-c5ccccc5)cc4)nc(-c4ccccc4-c4cccc5ccc6nc(-c7ccccc7)oc6c45)n3)cc21. The molecule has 0 fully saturated rings. The van der Waals surface area contributed by atoms with Crippen LogP contribution in [-0.4, -0.2) is 19.9 Å². The van der Waals surface area contributed by atoms with E-state index >= 15 is 0 Å². The third kappa shape index (κ3) is 5.54. The van der Waals surface area contributed by atoms with Gasteiger partial charge in [-0.3, -0.25) is 0 Å². The summed E-state index contributed by atoms with van der Waals surface area (Å²) in [6, 6.07) is 63.2. The molecule has 0 saturated carbocycles. The Morgan fingerprint density at radius 3 is 1.72 bits per heavy atom. The topological polar surface area (TPSA) is 64.7 Å². The highest BCUT2D eigenvalue weighted by Gasteiger charge is 2.35. The van der Waals surface area contributed by atoms with Crippen molar-refractivity contribution in [3.05, 3.63) is 193 Å². The largest absolute Gasteiger partial charge is 0.435 e. The fraction of sp³-hybridized carbons (Fsp3) is 0.0566. The lowest BCUT2D eigenvalue weighted by Crippen LogP contribution is -2.15. The number of hydrogen-bond donors (Lipinski definition) is 0. The maximum absolute atomic E-state index is 6.59. The molecule has 2 heterocycles. The first kappa shape index (κ1) is 33.8. The van der Waals surface area contributed by atoms with E-state index in [2.05, 4.69) is 153 Å². The summed E-state index contributed by atoms with van der Waals surface area (Å²) in [7, 11) is 0. The lowest BCUT2D eigenvalue weighted by Gasteiger charge is -2.21. The molecule has 2 aromatic heterocycles. The van der Waals surface area contributed by atoms with Crippen LogP contribution >= 0.6 is 0 Å². The van der Waals surface area contributed by atoms with Crippen LogP contribution in [0.4, 0.5) is 0 Å². The Balaban J connectivity index is 1.10. The van der Waals surface area contributed by atoms with E-state index in [0.29, 0.717) is 23.4 Å². The number of nitrogens with zero attached hydrogens (tertiary/aromatic N) is 4. The summed E-state index contributed by atoms with van der Waals surface area (Å²) >= 11 is 0. The number of fused-ring (bicyclic) bond motifs is 6. The van der Waals surface area contributed by atoms with Gasteiger partial charge in [0.15, 0.2) is 23.1 Å². The first-order chi connectivity index (χ1) is 28.5. The summed E-state index contributed by atoms with van der Waals surface area (Å²) in [4.78, 5) is 20.7. The highest BCUT2D eigenvalue weighted by atomic mass is 16.3. The Hall–Kier alpha value is -7.50. The molecule has 0 amide bonds. The van der Waals surface area contributed by atoms with Crippen LogP contribution in [0.15, 0.2) is 186 Å². The molecular weight excluding hydrogens is 709 g/mol. The Morgan fingerprint density at radius 1 is 0.379 bits per heavy atom. The van der Waals surface area contributed by atoms with Gasteiger partial charge in [-0.1, -0.05) is 172 Å². The molecule has 5 nitrogen and oxygen atoms in total. The lowest BCUT2D eigenvalue weighted by atomic mass is 9.82. The second kappa shape index (κ2) is 13.3. The maximum atomic E-state index is 6.59. The molecule has 0 unspecified atom stereocenters. The molecule has 10 aromatic rings. The Kier molecular flexibility index (Phi) is 7.76. The molecule has 274 valence electrons. The summed E-state index contributed by atoms with van der Waals surface area (Å²) in [5, 5.41) is 2.06. The van der Waals surface area contributed by atoms with Crippen LogP contribution < -0.4 is 0 Å². The summed E-state index contributed by atoms with van der Waals surface area (Å²) in [6.07, 6.45) is 0. The van der Waals surface area contributed by atoms with Gasteiger partial charge in [0.2, 0.25) is 5.89 Å². The van der Waals surface area contributed by atoms with Gasteiger partial charge in [-0.15, -0.1) is 0 Å². The van der Waals surface area contributed by atoms with Crippen molar-refractivity contribution in [2.75, 3.05) is 0 Å². The van der Waals surface area contributed by atoms with Crippen LogP contribution in [0.2, 0.25) is 0 Å². The zero-order valence-corrected chi connectivity index (χ0v) is 32.0. The fourth-order valence-electron chi connectivity index (χ4n) is 8.64. The molecule has 0 bridgehead atoms. The minimum Gasteiger partial charge on any atom is -0.435 e. The average molecular weight is 745 g/mol. The molecule has 0 spiro atoms. The van der Waals surface area contributed by atoms with Crippen LogP contribution in [0, 0.1) is 0 Å². The minimum absolute atomic E-state index is 0.165. The second-order valence-electron chi connectivity index (χ2n) is 15.4.